The zero-order valence-electron chi connectivity index (χ0n) is 13.2. The van der Waals surface area contributed by atoms with Gasteiger partial charge in [0.05, 0.1) is 17.6 Å². The molecule has 24 heavy (non-hydrogen) atoms. The van der Waals surface area contributed by atoms with Crippen molar-refractivity contribution in [3.63, 3.8) is 0 Å². The molecule has 1 fully saturated rings. The van der Waals surface area contributed by atoms with Crippen molar-refractivity contribution in [1.82, 2.24) is 10.6 Å². The number of alkyl halides is 3. The molecule has 0 aromatic heterocycles. The number of rotatable bonds is 6. The van der Waals surface area contributed by atoms with Crippen LogP contribution in [0.15, 0.2) is 24.3 Å². The largest absolute Gasteiger partial charge is 0.416 e. The molecule has 0 radical (unpaired) electrons. The summed E-state index contributed by atoms with van der Waals surface area (Å²) in [6.07, 6.45) is -2.44. The van der Waals surface area contributed by atoms with Gasteiger partial charge in [-0.3, -0.25) is 9.59 Å². The van der Waals surface area contributed by atoms with E-state index in [0.29, 0.717) is 12.5 Å². The topological polar surface area (TPSA) is 84.2 Å². The number of halogens is 3. The van der Waals surface area contributed by atoms with Gasteiger partial charge < -0.3 is 16.4 Å². The average molecular weight is 343 g/mol. The van der Waals surface area contributed by atoms with Gasteiger partial charge in [-0.1, -0.05) is 0 Å². The summed E-state index contributed by atoms with van der Waals surface area (Å²) < 4.78 is 37.4. The Balaban J connectivity index is 1.87. The van der Waals surface area contributed by atoms with Crippen molar-refractivity contribution in [3.8, 4) is 0 Å². The summed E-state index contributed by atoms with van der Waals surface area (Å²) in [4.78, 5) is 23.8. The smallest absolute Gasteiger partial charge is 0.348 e. The maximum Gasteiger partial charge on any atom is 0.416 e. The Morgan fingerprint density at radius 2 is 1.79 bits per heavy atom. The lowest BCUT2D eigenvalue weighted by molar-refractivity contribution is -0.137. The first-order valence-corrected chi connectivity index (χ1v) is 7.62. The molecule has 0 bridgehead atoms. The Morgan fingerprint density at radius 1 is 1.21 bits per heavy atom. The van der Waals surface area contributed by atoms with E-state index in [4.69, 9.17) is 5.73 Å². The maximum atomic E-state index is 12.5. The lowest BCUT2D eigenvalue weighted by Gasteiger charge is -2.29. The molecule has 1 saturated carbocycles. The van der Waals surface area contributed by atoms with Crippen LogP contribution in [0.4, 0.5) is 13.2 Å². The predicted octanol–water partition coefficient (Wildman–Crippen LogP) is 1.68. The van der Waals surface area contributed by atoms with Crippen LogP contribution in [0.5, 0.6) is 0 Å². The predicted molar refractivity (Wildman–Crippen MR) is 82.1 cm³/mol. The fourth-order valence-electron chi connectivity index (χ4n) is 2.48. The second-order valence-corrected chi connectivity index (χ2v) is 6.20. The minimum Gasteiger partial charge on any atom is -0.348 e. The Labute approximate surface area is 137 Å². The van der Waals surface area contributed by atoms with E-state index in [2.05, 4.69) is 10.6 Å². The number of carbonyl (C=O) groups is 2. The Morgan fingerprint density at radius 3 is 2.25 bits per heavy atom. The quantitative estimate of drug-likeness (QED) is 0.735. The van der Waals surface area contributed by atoms with Gasteiger partial charge in [-0.25, -0.2) is 0 Å². The maximum absolute atomic E-state index is 12.5. The molecular weight excluding hydrogens is 323 g/mol. The molecule has 1 unspecified atom stereocenters. The summed E-state index contributed by atoms with van der Waals surface area (Å²) in [7, 11) is 0. The molecule has 0 spiro atoms. The molecule has 2 amide bonds. The fourth-order valence-corrected chi connectivity index (χ4v) is 2.48. The summed E-state index contributed by atoms with van der Waals surface area (Å²) in [5.74, 6) is -0.646. The van der Waals surface area contributed by atoms with Gasteiger partial charge in [0.25, 0.3) is 5.91 Å². The molecule has 4 N–H and O–H groups in total. The van der Waals surface area contributed by atoms with E-state index in [1.807, 2.05) is 6.92 Å². The van der Waals surface area contributed by atoms with Crippen LogP contribution in [-0.4, -0.2) is 30.4 Å². The molecule has 0 heterocycles. The third-order valence-electron chi connectivity index (χ3n) is 4.21. The molecule has 8 heteroatoms. The third-order valence-corrected chi connectivity index (χ3v) is 4.21. The molecule has 132 valence electrons. The highest BCUT2D eigenvalue weighted by molar-refractivity contribution is 5.96. The molecule has 0 aliphatic heterocycles. The van der Waals surface area contributed by atoms with Gasteiger partial charge in [0.2, 0.25) is 5.91 Å². The van der Waals surface area contributed by atoms with Crippen LogP contribution in [0.25, 0.3) is 0 Å². The number of nitrogens with one attached hydrogen (secondary N) is 2. The zero-order chi connectivity index (χ0) is 18.0. The Kier molecular flexibility index (Phi) is 5.17. The summed E-state index contributed by atoms with van der Waals surface area (Å²) in [6, 6.07) is 3.80. The first-order valence-electron chi connectivity index (χ1n) is 7.62. The van der Waals surface area contributed by atoms with Gasteiger partial charge in [0.15, 0.2) is 0 Å². The van der Waals surface area contributed by atoms with Crippen LogP contribution >= 0.6 is 0 Å². The van der Waals surface area contributed by atoms with E-state index in [-0.39, 0.29) is 18.0 Å². The SMILES string of the molecule is CC(CN)(NC(=O)CNC(=O)c1ccc(C(F)(F)F)cc1)C1CC1. The van der Waals surface area contributed by atoms with Gasteiger partial charge in [0, 0.05) is 12.1 Å². The molecule has 1 aromatic rings. The highest BCUT2D eigenvalue weighted by Crippen LogP contribution is 2.38. The van der Waals surface area contributed by atoms with Crippen LogP contribution in [-0.2, 0) is 11.0 Å². The van der Waals surface area contributed by atoms with E-state index in [0.717, 1.165) is 37.1 Å². The number of benzene rings is 1. The number of hydrogen-bond acceptors (Lipinski definition) is 3. The Hall–Kier alpha value is -2.09. The van der Waals surface area contributed by atoms with Gasteiger partial charge in [-0.2, -0.15) is 13.2 Å². The van der Waals surface area contributed by atoms with Crippen molar-refractivity contribution < 1.29 is 22.8 Å². The minimum absolute atomic E-state index is 0.0552. The van der Waals surface area contributed by atoms with E-state index in [1.165, 1.54) is 0 Å². The third kappa shape index (κ3) is 4.47. The van der Waals surface area contributed by atoms with Gasteiger partial charge in [-0.15, -0.1) is 0 Å². The molecular formula is C16H20F3N3O2. The molecule has 1 aromatic carbocycles. The highest BCUT2D eigenvalue weighted by atomic mass is 19.4. The molecule has 1 atom stereocenters. The number of carbonyl (C=O) groups excluding carboxylic acids is 2. The fraction of sp³-hybridized carbons (Fsp3) is 0.500. The molecule has 1 aliphatic carbocycles. The second kappa shape index (κ2) is 6.80. The Bertz CT molecular complexity index is 612. The second-order valence-electron chi connectivity index (χ2n) is 6.20. The first-order chi connectivity index (χ1) is 11.2. The van der Waals surface area contributed by atoms with Crippen molar-refractivity contribution >= 4 is 11.8 Å². The van der Waals surface area contributed by atoms with Gasteiger partial charge in [0.1, 0.15) is 0 Å². The van der Waals surface area contributed by atoms with E-state index in [9.17, 15) is 22.8 Å². The summed E-state index contributed by atoms with van der Waals surface area (Å²) in [5, 5.41) is 5.20. The number of hydrogen-bond donors (Lipinski definition) is 3. The summed E-state index contributed by atoms with van der Waals surface area (Å²) in [5.41, 5.74) is 4.43. The van der Waals surface area contributed by atoms with Crippen molar-refractivity contribution in [3.05, 3.63) is 35.4 Å². The van der Waals surface area contributed by atoms with Crippen LogP contribution in [0.3, 0.4) is 0 Å². The summed E-state index contributed by atoms with van der Waals surface area (Å²) in [6.45, 7) is 1.90. The molecule has 0 saturated heterocycles. The minimum atomic E-state index is -4.45. The van der Waals surface area contributed by atoms with Crippen LogP contribution < -0.4 is 16.4 Å². The lowest BCUT2D eigenvalue weighted by atomic mass is 9.96. The van der Waals surface area contributed by atoms with Crippen molar-refractivity contribution in [1.29, 1.82) is 0 Å². The van der Waals surface area contributed by atoms with Crippen LogP contribution in [0.2, 0.25) is 0 Å². The van der Waals surface area contributed by atoms with E-state index < -0.39 is 23.2 Å². The molecule has 2 rings (SSSR count). The molecule has 1 aliphatic rings. The van der Waals surface area contributed by atoms with Crippen molar-refractivity contribution in [2.24, 2.45) is 11.7 Å². The van der Waals surface area contributed by atoms with Gasteiger partial charge >= 0.3 is 6.18 Å². The van der Waals surface area contributed by atoms with E-state index in [1.54, 1.807) is 0 Å². The van der Waals surface area contributed by atoms with Crippen LogP contribution in [0.1, 0.15) is 35.7 Å². The summed E-state index contributed by atoms with van der Waals surface area (Å²) >= 11 is 0. The van der Waals surface area contributed by atoms with E-state index >= 15 is 0 Å². The first kappa shape index (κ1) is 18.3. The zero-order valence-corrected chi connectivity index (χ0v) is 13.2. The van der Waals surface area contributed by atoms with Crippen molar-refractivity contribution in [2.75, 3.05) is 13.1 Å². The average Bonchev–Trinajstić information content (AvgIpc) is 3.37. The standard InChI is InChI=1S/C16H20F3N3O2/c1-15(9-20,11-6-7-11)22-13(23)8-21-14(24)10-2-4-12(5-3-10)16(17,18)19/h2-5,11H,6-9,20H2,1H3,(H,21,24)(H,22,23). The normalized spacial score (nSPS) is 17.0. The number of amides is 2. The van der Waals surface area contributed by atoms with Gasteiger partial charge in [-0.05, 0) is 49.9 Å². The molecule has 5 nitrogen and oxygen atoms in total. The monoisotopic (exact) mass is 343 g/mol. The van der Waals surface area contributed by atoms with Crippen molar-refractivity contribution in [2.45, 2.75) is 31.5 Å². The highest BCUT2D eigenvalue weighted by Gasteiger charge is 2.41. The lowest BCUT2D eigenvalue weighted by Crippen LogP contribution is -2.55. The number of nitrogens with two attached hydrogens (primary N) is 1. The van der Waals surface area contributed by atoms with Crippen LogP contribution in [0, 0.1) is 5.92 Å².